The minimum absolute atomic E-state index is 0.527. The first-order valence-corrected chi connectivity index (χ1v) is 3.38. The maximum atomic E-state index is 3.89. The average Bonchev–Trinajstić information content (AvgIpc) is 2.33. The van der Waals surface area contributed by atoms with Crippen LogP contribution in [0, 0.1) is 5.92 Å². The molecule has 3 nitrogen and oxygen atoms in total. The van der Waals surface area contributed by atoms with Gasteiger partial charge in [-0.05, 0) is 13.0 Å². The third kappa shape index (κ3) is 0.812. The Bertz CT molecular complexity index is 132. The molecule has 1 saturated heterocycles. The summed E-state index contributed by atoms with van der Waals surface area (Å²) in [6.45, 7) is 2.16. The Balaban J connectivity index is 2.03. The first-order valence-electron chi connectivity index (χ1n) is 3.38. The molecular weight excluding hydrogens is 114 g/mol. The molecule has 2 unspecified atom stereocenters. The summed E-state index contributed by atoms with van der Waals surface area (Å²) in [6.07, 6.45) is 4.19. The van der Waals surface area contributed by atoms with Gasteiger partial charge in [0.1, 0.15) is 0 Å². The second-order valence-corrected chi connectivity index (χ2v) is 2.58. The van der Waals surface area contributed by atoms with Gasteiger partial charge in [0.25, 0.3) is 0 Å². The van der Waals surface area contributed by atoms with Crippen LogP contribution in [-0.4, -0.2) is 25.3 Å². The van der Waals surface area contributed by atoms with Gasteiger partial charge < -0.3 is 10.7 Å². The Kier molecular flexibility index (Phi) is 1.16. The lowest BCUT2D eigenvalue weighted by Gasteiger charge is -2.23. The summed E-state index contributed by atoms with van der Waals surface area (Å²) in [5.74, 6) is 0.527. The average molecular weight is 124 g/mol. The molecule has 0 aromatic heterocycles. The molecule has 2 rings (SSSR count). The zero-order valence-electron chi connectivity index (χ0n) is 5.22. The van der Waals surface area contributed by atoms with Crippen LogP contribution < -0.4 is 10.7 Å². The minimum Gasteiger partial charge on any atom is -0.316 e. The van der Waals surface area contributed by atoms with Crippen molar-refractivity contribution in [3.05, 3.63) is 0 Å². The van der Waals surface area contributed by atoms with Gasteiger partial charge in [0.15, 0.2) is 0 Å². The highest BCUT2D eigenvalue weighted by atomic mass is 15.3. The molecule has 49 valence electrons. The van der Waals surface area contributed by atoms with E-state index in [2.05, 4.69) is 22.1 Å². The molecule has 1 fully saturated rings. The van der Waals surface area contributed by atoms with Crippen LogP contribution in [-0.2, 0) is 0 Å². The van der Waals surface area contributed by atoms with Crippen molar-refractivity contribution in [2.45, 2.75) is 12.5 Å². The summed E-state index contributed by atoms with van der Waals surface area (Å²) in [6, 6.07) is 0.575. The number of rotatable bonds is 0. The molecule has 9 heavy (non-hydrogen) atoms. The summed E-state index contributed by atoms with van der Waals surface area (Å²) in [7, 11) is 0. The topological polar surface area (TPSA) is 36.4 Å². The molecule has 2 N–H and O–H groups in total. The van der Waals surface area contributed by atoms with Crippen molar-refractivity contribution in [1.29, 1.82) is 0 Å². The summed E-state index contributed by atoms with van der Waals surface area (Å²) < 4.78 is 0. The van der Waals surface area contributed by atoms with Crippen LogP contribution in [0.25, 0.3) is 0 Å². The van der Waals surface area contributed by atoms with Gasteiger partial charge in [-0.25, -0.2) is 0 Å². The number of hydrogen-bond acceptors (Lipinski definition) is 3. The van der Waals surface area contributed by atoms with Crippen molar-refractivity contribution in [2.24, 2.45) is 11.0 Å². The standard InChI is InChI=1S/C6H10N3/c1-2-7-3-5-4-8-9-6(1)5/h5-7,9H,1-3H2. The predicted molar refractivity (Wildman–Crippen MR) is 35.3 cm³/mol. The van der Waals surface area contributed by atoms with E-state index in [4.69, 9.17) is 0 Å². The molecule has 3 heteroatoms. The minimum atomic E-state index is 0.527. The maximum Gasteiger partial charge on any atom is 0.0904 e. The summed E-state index contributed by atoms with van der Waals surface area (Å²) >= 11 is 0. The number of fused-ring (bicyclic) bond motifs is 1. The van der Waals surface area contributed by atoms with Crippen molar-refractivity contribution < 1.29 is 0 Å². The molecule has 0 amide bonds. The monoisotopic (exact) mass is 124 g/mol. The second kappa shape index (κ2) is 1.99. The van der Waals surface area contributed by atoms with E-state index in [1.54, 1.807) is 0 Å². The highest BCUT2D eigenvalue weighted by Crippen LogP contribution is 2.12. The van der Waals surface area contributed by atoms with E-state index >= 15 is 0 Å². The molecule has 0 spiro atoms. The zero-order valence-corrected chi connectivity index (χ0v) is 5.22. The van der Waals surface area contributed by atoms with E-state index < -0.39 is 0 Å². The Morgan fingerprint density at radius 2 is 2.56 bits per heavy atom. The first kappa shape index (κ1) is 5.23. The molecule has 2 atom stereocenters. The third-order valence-corrected chi connectivity index (χ3v) is 1.94. The van der Waals surface area contributed by atoms with E-state index in [1.807, 2.05) is 0 Å². The summed E-state index contributed by atoms with van der Waals surface area (Å²) in [4.78, 5) is 0. The Morgan fingerprint density at radius 3 is 3.44 bits per heavy atom. The largest absolute Gasteiger partial charge is 0.316 e. The molecule has 2 aliphatic rings. The third-order valence-electron chi connectivity index (χ3n) is 1.94. The highest BCUT2D eigenvalue weighted by Gasteiger charge is 2.26. The van der Waals surface area contributed by atoms with Crippen molar-refractivity contribution in [2.75, 3.05) is 13.1 Å². The van der Waals surface area contributed by atoms with Crippen LogP contribution in [0.4, 0.5) is 0 Å². The lowest BCUT2D eigenvalue weighted by Crippen LogP contribution is -2.42. The molecule has 0 aromatic rings. The Labute approximate surface area is 54.5 Å². The quantitative estimate of drug-likeness (QED) is 0.453. The molecular formula is C6H10N3. The van der Waals surface area contributed by atoms with Gasteiger partial charge in [0.05, 0.1) is 12.3 Å². The van der Waals surface area contributed by atoms with Crippen molar-refractivity contribution in [3.8, 4) is 0 Å². The number of nitrogens with one attached hydrogen (secondary N) is 2. The van der Waals surface area contributed by atoms with E-state index in [-0.39, 0.29) is 0 Å². The van der Waals surface area contributed by atoms with Gasteiger partial charge in [-0.2, -0.15) is 5.10 Å². The van der Waals surface area contributed by atoms with Gasteiger partial charge in [-0.1, -0.05) is 0 Å². The van der Waals surface area contributed by atoms with E-state index in [0.29, 0.717) is 12.0 Å². The lowest BCUT2D eigenvalue weighted by atomic mass is 9.96. The Hall–Kier alpha value is -0.570. The normalized spacial score (nSPS) is 40.0. The van der Waals surface area contributed by atoms with Crippen LogP contribution in [0.3, 0.4) is 0 Å². The van der Waals surface area contributed by atoms with E-state index in [0.717, 1.165) is 13.1 Å². The van der Waals surface area contributed by atoms with Gasteiger partial charge >= 0.3 is 0 Å². The van der Waals surface area contributed by atoms with Crippen LogP contribution in [0.2, 0.25) is 0 Å². The number of hydrazone groups is 1. The zero-order chi connectivity index (χ0) is 6.10. The van der Waals surface area contributed by atoms with Gasteiger partial charge in [-0.3, -0.25) is 0 Å². The lowest BCUT2D eigenvalue weighted by molar-refractivity contribution is 0.372. The maximum absolute atomic E-state index is 3.89. The van der Waals surface area contributed by atoms with Crippen molar-refractivity contribution in [3.63, 3.8) is 0 Å². The smallest absolute Gasteiger partial charge is 0.0904 e. The van der Waals surface area contributed by atoms with Gasteiger partial charge in [0.2, 0.25) is 0 Å². The van der Waals surface area contributed by atoms with Gasteiger partial charge in [0, 0.05) is 12.5 Å². The predicted octanol–water partition coefficient (Wildman–Crippen LogP) is -0.570. The molecule has 0 bridgehead atoms. The van der Waals surface area contributed by atoms with Crippen molar-refractivity contribution >= 4 is 6.21 Å². The molecule has 0 aromatic carbocycles. The van der Waals surface area contributed by atoms with Crippen LogP contribution in [0.1, 0.15) is 6.42 Å². The van der Waals surface area contributed by atoms with Gasteiger partial charge in [-0.15, -0.1) is 0 Å². The first-order chi connectivity index (χ1) is 4.47. The molecule has 1 radical (unpaired) electrons. The second-order valence-electron chi connectivity index (χ2n) is 2.58. The SMILES string of the molecule is [C]1=NNC2CCNCC12. The fraction of sp³-hybridized carbons (Fsp3) is 0.833. The summed E-state index contributed by atoms with van der Waals surface area (Å²) in [5, 5.41) is 7.18. The van der Waals surface area contributed by atoms with E-state index in [1.165, 1.54) is 6.42 Å². The fourth-order valence-electron chi connectivity index (χ4n) is 1.35. The fourth-order valence-corrected chi connectivity index (χ4v) is 1.35. The van der Waals surface area contributed by atoms with Crippen LogP contribution in [0.5, 0.6) is 0 Å². The van der Waals surface area contributed by atoms with E-state index in [9.17, 15) is 0 Å². The molecule has 2 aliphatic heterocycles. The molecule has 2 heterocycles. The number of nitrogens with zero attached hydrogens (tertiary/aromatic N) is 1. The van der Waals surface area contributed by atoms with Crippen LogP contribution >= 0.6 is 0 Å². The van der Waals surface area contributed by atoms with Crippen molar-refractivity contribution in [1.82, 2.24) is 10.7 Å². The highest BCUT2D eigenvalue weighted by molar-refractivity contribution is 5.64. The van der Waals surface area contributed by atoms with Crippen LogP contribution in [0.15, 0.2) is 5.10 Å². The Morgan fingerprint density at radius 1 is 1.56 bits per heavy atom. The number of hydrogen-bond donors (Lipinski definition) is 2. The summed E-state index contributed by atoms with van der Waals surface area (Å²) in [5.41, 5.74) is 3.03. The molecule has 0 aliphatic carbocycles. The molecule has 0 saturated carbocycles. The number of piperidine rings is 1.